The van der Waals surface area contributed by atoms with Gasteiger partial charge in [0.05, 0.1) is 12.5 Å². The van der Waals surface area contributed by atoms with Crippen LogP contribution in [0.25, 0.3) is 0 Å². The Morgan fingerprint density at radius 1 is 1.43 bits per heavy atom. The van der Waals surface area contributed by atoms with Crippen molar-refractivity contribution < 1.29 is 9.18 Å². The van der Waals surface area contributed by atoms with E-state index >= 15 is 0 Å². The molecule has 0 aliphatic rings. The molecular weight excluding hydrogens is 181 g/mol. The van der Waals surface area contributed by atoms with Gasteiger partial charge in [0.2, 0.25) is 0 Å². The summed E-state index contributed by atoms with van der Waals surface area (Å²) in [5.41, 5.74) is 1.28. The largest absolute Gasteiger partial charge is 0.293 e. The third-order valence-electron chi connectivity index (χ3n) is 2.00. The van der Waals surface area contributed by atoms with Crippen LogP contribution in [0.4, 0.5) is 4.39 Å². The second-order valence-electron chi connectivity index (χ2n) is 3.18. The van der Waals surface area contributed by atoms with Crippen molar-refractivity contribution in [3.8, 4) is 6.07 Å². The first-order valence-corrected chi connectivity index (χ1v) is 4.23. The van der Waals surface area contributed by atoms with Crippen molar-refractivity contribution in [2.75, 3.05) is 0 Å². The maximum absolute atomic E-state index is 13.2. The molecule has 0 fully saturated rings. The lowest BCUT2D eigenvalue weighted by Crippen LogP contribution is -2.00. The molecule has 0 unspecified atom stereocenters. The van der Waals surface area contributed by atoms with E-state index in [1.165, 1.54) is 12.1 Å². The number of ketones is 1. The molecule has 0 aliphatic heterocycles. The summed E-state index contributed by atoms with van der Waals surface area (Å²) >= 11 is 0. The standard InChI is InChI=1S/C11H10FNO/c1-7-5-9(10(14)3-4-13)6-8(2)11(7)12/h5-6H,3H2,1-2H3. The third kappa shape index (κ3) is 1.97. The van der Waals surface area contributed by atoms with Gasteiger partial charge in [0, 0.05) is 5.56 Å². The van der Waals surface area contributed by atoms with Gasteiger partial charge in [-0.3, -0.25) is 4.79 Å². The first kappa shape index (κ1) is 10.4. The fourth-order valence-electron chi connectivity index (χ4n) is 1.28. The molecule has 0 saturated heterocycles. The molecule has 0 amide bonds. The molecule has 1 aromatic carbocycles. The molecule has 0 heterocycles. The summed E-state index contributed by atoms with van der Waals surface area (Å²) in [7, 11) is 0. The van der Waals surface area contributed by atoms with Crippen molar-refractivity contribution in [2.24, 2.45) is 0 Å². The minimum atomic E-state index is -0.293. The van der Waals surface area contributed by atoms with Crippen LogP contribution in [0.15, 0.2) is 12.1 Å². The van der Waals surface area contributed by atoms with Gasteiger partial charge in [-0.2, -0.15) is 5.26 Å². The highest BCUT2D eigenvalue weighted by Gasteiger charge is 2.09. The molecule has 0 spiro atoms. The fraction of sp³-hybridized carbons (Fsp3) is 0.273. The number of Topliss-reactive ketones (excluding diaryl/α,β-unsaturated/α-hetero) is 1. The van der Waals surface area contributed by atoms with Gasteiger partial charge < -0.3 is 0 Å². The van der Waals surface area contributed by atoms with Crippen LogP contribution in [0.5, 0.6) is 0 Å². The zero-order valence-corrected chi connectivity index (χ0v) is 8.10. The zero-order valence-electron chi connectivity index (χ0n) is 8.10. The highest BCUT2D eigenvalue weighted by atomic mass is 19.1. The Bertz CT molecular complexity index is 395. The molecule has 0 aromatic heterocycles. The third-order valence-corrected chi connectivity index (χ3v) is 2.00. The summed E-state index contributed by atoms with van der Waals surface area (Å²) < 4.78 is 13.2. The van der Waals surface area contributed by atoms with E-state index < -0.39 is 0 Å². The molecule has 0 saturated carbocycles. The predicted octanol–water partition coefficient (Wildman–Crippen LogP) is 2.54. The summed E-state index contributed by atoms with van der Waals surface area (Å²) in [4.78, 5) is 11.3. The zero-order chi connectivity index (χ0) is 10.7. The van der Waals surface area contributed by atoms with E-state index in [9.17, 15) is 9.18 Å². The number of hydrogen-bond acceptors (Lipinski definition) is 2. The van der Waals surface area contributed by atoms with E-state index in [-0.39, 0.29) is 18.0 Å². The van der Waals surface area contributed by atoms with Gasteiger partial charge in [-0.1, -0.05) is 0 Å². The second-order valence-corrected chi connectivity index (χ2v) is 3.18. The number of aryl methyl sites for hydroxylation is 2. The fourth-order valence-corrected chi connectivity index (χ4v) is 1.28. The van der Waals surface area contributed by atoms with Gasteiger partial charge in [-0.15, -0.1) is 0 Å². The van der Waals surface area contributed by atoms with Crippen LogP contribution >= 0.6 is 0 Å². The number of benzene rings is 1. The summed E-state index contributed by atoms with van der Waals surface area (Å²) in [5.74, 6) is -0.558. The summed E-state index contributed by atoms with van der Waals surface area (Å²) in [5, 5.41) is 8.35. The van der Waals surface area contributed by atoms with E-state index in [1.807, 2.05) is 0 Å². The molecule has 2 nitrogen and oxygen atoms in total. The Hall–Kier alpha value is -1.69. The van der Waals surface area contributed by atoms with Gasteiger partial charge in [-0.25, -0.2) is 4.39 Å². The lowest BCUT2D eigenvalue weighted by atomic mass is 10.0. The molecule has 14 heavy (non-hydrogen) atoms. The Morgan fingerprint density at radius 2 is 1.93 bits per heavy atom. The van der Waals surface area contributed by atoms with Crippen LogP contribution in [-0.2, 0) is 0 Å². The lowest BCUT2D eigenvalue weighted by molar-refractivity contribution is 0.0997. The topological polar surface area (TPSA) is 40.9 Å². The summed E-state index contributed by atoms with van der Waals surface area (Å²) in [6, 6.07) is 4.72. The second kappa shape index (κ2) is 4.01. The van der Waals surface area contributed by atoms with Gasteiger partial charge in [-0.05, 0) is 37.1 Å². The van der Waals surface area contributed by atoms with E-state index in [0.29, 0.717) is 16.7 Å². The monoisotopic (exact) mass is 191 g/mol. The van der Waals surface area contributed by atoms with E-state index in [4.69, 9.17) is 5.26 Å². The van der Waals surface area contributed by atoms with Crippen molar-refractivity contribution in [3.05, 3.63) is 34.6 Å². The molecule has 3 heteroatoms. The van der Waals surface area contributed by atoms with Crippen molar-refractivity contribution in [1.29, 1.82) is 5.26 Å². The smallest absolute Gasteiger partial charge is 0.176 e. The van der Waals surface area contributed by atoms with Gasteiger partial charge in [0.25, 0.3) is 0 Å². The van der Waals surface area contributed by atoms with Crippen LogP contribution in [0.3, 0.4) is 0 Å². The number of rotatable bonds is 2. The average Bonchev–Trinajstić information content (AvgIpc) is 2.13. The molecule has 0 bridgehead atoms. The Morgan fingerprint density at radius 3 is 2.36 bits per heavy atom. The SMILES string of the molecule is Cc1cc(C(=O)CC#N)cc(C)c1F. The number of carbonyl (C=O) groups excluding carboxylic acids is 1. The lowest BCUT2D eigenvalue weighted by Gasteiger charge is -2.03. The van der Waals surface area contributed by atoms with Crippen molar-refractivity contribution in [3.63, 3.8) is 0 Å². The van der Waals surface area contributed by atoms with Crippen LogP contribution in [0, 0.1) is 31.0 Å². The number of nitrogens with zero attached hydrogens (tertiary/aromatic N) is 1. The number of hydrogen-bond donors (Lipinski definition) is 0. The first-order chi connectivity index (χ1) is 6.56. The van der Waals surface area contributed by atoms with E-state index in [2.05, 4.69) is 0 Å². The number of halogens is 1. The predicted molar refractivity (Wildman–Crippen MR) is 50.4 cm³/mol. The summed E-state index contributed by atoms with van der Waals surface area (Å²) in [6.07, 6.45) is -0.162. The van der Waals surface area contributed by atoms with Crippen LogP contribution in [-0.4, -0.2) is 5.78 Å². The van der Waals surface area contributed by atoms with Crippen LogP contribution < -0.4 is 0 Å². The Balaban J connectivity index is 3.14. The molecule has 1 rings (SSSR count). The van der Waals surface area contributed by atoms with Crippen molar-refractivity contribution in [2.45, 2.75) is 20.3 Å². The minimum Gasteiger partial charge on any atom is -0.293 e. The molecule has 0 radical (unpaired) electrons. The highest BCUT2D eigenvalue weighted by Crippen LogP contribution is 2.15. The molecule has 0 atom stereocenters. The van der Waals surface area contributed by atoms with Gasteiger partial charge in [0.15, 0.2) is 5.78 Å². The Labute approximate surface area is 82.0 Å². The average molecular weight is 191 g/mol. The maximum atomic E-state index is 13.2. The van der Waals surface area contributed by atoms with Crippen LogP contribution in [0.1, 0.15) is 27.9 Å². The molecule has 72 valence electrons. The number of nitriles is 1. The summed E-state index contributed by atoms with van der Waals surface area (Å²) in [6.45, 7) is 3.21. The first-order valence-electron chi connectivity index (χ1n) is 4.23. The normalized spacial score (nSPS) is 9.57. The highest BCUT2D eigenvalue weighted by molar-refractivity contribution is 5.97. The maximum Gasteiger partial charge on any atom is 0.176 e. The molecule has 0 aliphatic carbocycles. The quantitative estimate of drug-likeness (QED) is 0.674. The number of carbonyl (C=O) groups is 1. The van der Waals surface area contributed by atoms with E-state index in [0.717, 1.165) is 0 Å². The molecular formula is C11H10FNO. The molecule has 1 aromatic rings. The van der Waals surface area contributed by atoms with Crippen LogP contribution in [0.2, 0.25) is 0 Å². The minimum absolute atomic E-state index is 0.162. The van der Waals surface area contributed by atoms with Gasteiger partial charge >= 0.3 is 0 Å². The van der Waals surface area contributed by atoms with Gasteiger partial charge in [0.1, 0.15) is 5.82 Å². The van der Waals surface area contributed by atoms with Crippen molar-refractivity contribution in [1.82, 2.24) is 0 Å². The Kier molecular flexibility index (Phi) is 2.98. The van der Waals surface area contributed by atoms with Crippen molar-refractivity contribution >= 4 is 5.78 Å². The molecule has 0 N–H and O–H groups in total. The van der Waals surface area contributed by atoms with E-state index in [1.54, 1.807) is 19.9 Å².